The number of rotatable bonds is 8. The third kappa shape index (κ3) is 5.21. The van der Waals surface area contributed by atoms with Crippen LogP contribution < -0.4 is 5.32 Å². The molecule has 1 atom stereocenters. The van der Waals surface area contributed by atoms with E-state index in [-0.39, 0.29) is 11.8 Å². The molecule has 21 heavy (non-hydrogen) atoms. The molecule has 0 spiro atoms. The zero-order valence-electron chi connectivity index (χ0n) is 13.4. The van der Waals surface area contributed by atoms with Gasteiger partial charge in [-0.3, -0.25) is 4.79 Å². The van der Waals surface area contributed by atoms with Gasteiger partial charge in [0.1, 0.15) is 6.04 Å². The third-order valence-electron chi connectivity index (χ3n) is 3.32. The van der Waals surface area contributed by atoms with Gasteiger partial charge < -0.3 is 10.1 Å². The van der Waals surface area contributed by atoms with Gasteiger partial charge in [0.25, 0.3) is 0 Å². The van der Waals surface area contributed by atoms with Gasteiger partial charge in [0.05, 0.1) is 6.61 Å². The fourth-order valence-corrected chi connectivity index (χ4v) is 2.09. The SMILES string of the molecule is CCCCc1cc(C(C)=O)ccc1NC(C)C(=O)OCC. The Morgan fingerprint density at radius 1 is 1.29 bits per heavy atom. The molecule has 1 unspecified atom stereocenters. The van der Waals surface area contributed by atoms with Crippen LogP contribution in [-0.2, 0) is 16.0 Å². The number of benzene rings is 1. The minimum Gasteiger partial charge on any atom is -0.464 e. The first kappa shape index (κ1) is 17.2. The Bertz CT molecular complexity index is 497. The summed E-state index contributed by atoms with van der Waals surface area (Å²) in [7, 11) is 0. The van der Waals surface area contributed by atoms with Crippen LogP contribution in [0.25, 0.3) is 0 Å². The molecule has 0 bridgehead atoms. The topological polar surface area (TPSA) is 55.4 Å². The summed E-state index contributed by atoms with van der Waals surface area (Å²) in [5, 5.41) is 3.18. The zero-order valence-corrected chi connectivity index (χ0v) is 13.4. The number of hydrogen-bond acceptors (Lipinski definition) is 4. The van der Waals surface area contributed by atoms with Crippen molar-refractivity contribution in [3.8, 4) is 0 Å². The molecule has 0 aliphatic heterocycles. The molecule has 1 N–H and O–H groups in total. The summed E-state index contributed by atoms with van der Waals surface area (Å²) < 4.78 is 5.00. The van der Waals surface area contributed by atoms with Crippen LogP contribution in [0.3, 0.4) is 0 Å². The first-order valence-electron chi connectivity index (χ1n) is 7.56. The highest BCUT2D eigenvalue weighted by atomic mass is 16.5. The average molecular weight is 291 g/mol. The van der Waals surface area contributed by atoms with Crippen molar-refractivity contribution in [2.24, 2.45) is 0 Å². The van der Waals surface area contributed by atoms with Crippen molar-refractivity contribution >= 4 is 17.4 Å². The largest absolute Gasteiger partial charge is 0.464 e. The number of carbonyl (C=O) groups excluding carboxylic acids is 2. The summed E-state index contributed by atoms with van der Waals surface area (Å²) in [5.41, 5.74) is 2.67. The molecule has 0 saturated heterocycles. The van der Waals surface area contributed by atoms with E-state index in [1.165, 1.54) is 0 Å². The van der Waals surface area contributed by atoms with Gasteiger partial charge in [0.15, 0.2) is 5.78 Å². The van der Waals surface area contributed by atoms with Crippen LogP contribution in [0, 0.1) is 0 Å². The summed E-state index contributed by atoms with van der Waals surface area (Å²) >= 11 is 0. The summed E-state index contributed by atoms with van der Waals surface area (Å²) in [4.78, 5) is 23.2. The predicted octanol–water partition coefficient (Wildman–Crippen LogP) is 3.60. The minimum absolute atomic E-state index is 0.0535. The van der Waals surface area contributed by atoms with Crippen LogP contribution in [0.4, 0.5) is 5.69 Å². The van der Waals surface area contributed by atoms with E-state index in [1.807, 2.05) is 12.1 Å². The average Bonchev–Trinajstić information content (AvgIpc) is 2.46. The van der Waals surface area contributed by atoms with Gasteiger partial charge >= 0.3 is 5.97 Å². The fraction of sp³-hybridized carbons (Fsp3) is 0.529. The molecule has 1 aromatic carbocycles. The Labute approximate surface area is 126 Å². The van der Waals surface area contributed by atoms with Crippen molar-refractivity contribution in [1.29, 1.82) is 0 Å². The lowest BCUT2D eigenvalue weighted by molar-refractivity contribution is -0.143. The number of unbranched alkanes of at least 4 members (excludes halogenated alkanes) is 1. The van der Waals surface area contributed by atoms with E-state index in [4.69, 9.17) is 4.74 Å². The number of nitrogens with one attached hydrogen (secondary N) is 1. The number of carbonyl (C=O) groups is 2. The Morgan fingerprint density at radius 3 is 2.57 bits per heavy atom. The molecule has 4 heteroatoms. The number of aryl methyl sites for hydroxylation is 1. The molecule has 116 valence electrons. The number of ketones is 1. The maximum Gasteiger partial charge on any atom is 0.328 e. The van der Waals surface area contributed by atoms with Gasteiger partial charge in [-0.1, -0.05) is 13.3 Å². The molecule has 0 fully saturated rings. The molecule has 4 nitrogen and oxygen atoms in total. The van der Waals surface area contributed by atoms with E-state index < -0.39 is 6.04 Å². The molecule has 0 aliphatic carbocycles. The van der Waals surface area contributed by atoms with E-state index >= 15 is 0 Å². The van der Waals surface area contributed by atoms with E-state index in [0.717, 1.165) is 30.5 Å². The van der Waals surface area contributed by atoms with Crippen molar-refractivity contribution in [3.05, 3.63) is 29.3 Å². The molecule has 0 heterocycles. The standard InChI is InChI=1S/C17H25NO3/c1-5-7-8-15-11-14(13(4)19)9-10-16(15)18-12(3)17(20)21-6-2/h9-12,18H,5-8H2,1-4H3. The fourth-order valence-electron chi connectivity index (χ4n) is 2.09. The molecule has 0 radical (unpaired) electrons. The molecular formula is C17H25NO3. The van der Waals surface area contributed by atoms with Crippen molar-refractivity contribution in [1.82, 2.24) is 0 Å². The molecule has 1 aromatic rings. The van der Waals surface area contributed by atoms with Crippen molar-refractivity contribution in [2.75, 3.05) is 11.9 Å². The Balaban J connectivity index is 2.93. The Kier molecular flexibility index (Phi) is 6.92. The lowest BCUT2D eigenvalue weighted by Crippen LogP contribution is -2.28. The molecule has 0 aromatic heterocycles. The second-order valence-corrected chi connectivity index (χ2v) is 5.15. The first-order valence-corrected chi connectivity index (χ1v) is 7.56. The highest BCUT2D eigenvalue weighted by Crippen LogP contribution is 2.21. The number of anilines is 1. The first-order chi connectivity index (χ1) is 9.99. The van der Waals surface area contributed by atoms with E-state index in [1.54, 1.807) is 26.8 Å². The summed E-state index contributed by atoms with van der Waals surface area (Å²) in [6, 6.07) is 5.17. The normalized spacial score (nSPS) is 11.8. The summed E-state index contributed by atoms with van der Waals surface area (Å²) in [6.45, 7) is 7.63. The molecule has 0 amide bonds. The Morgan fingerprint density at radius 2 is 2.00 bits per heavy atom. The Hall–Kier alpha value is -1.84. The molecule has 0 saturated carbocycles. The predicted molar refractivity (Wildman–Crippen MR) is 84.8 cm³/mol. The molecular weight excluding hydrogens is 266 g/mol. The quantitative estimate of drug-likeness (QED) is 0.587. The lowest BCUT2D eigenvalue weighted by atomic mass is 10.0. The van der Waals surface area contributed by atoms with Gasteiger partial charge in [-0.05, 0) is 57.4 Å². The van der Waals surface area contributed by atoms with Crippen molar-refractivity contribution < 1.29 is 14.3 Å². The number of hydrogen-bond donors (Lipinski definition) is 1. The number of ether oxygens (including phenoxy) is 1. The van der Waals surface area contributed by atoms with Crippen LogP contribution in [0.1, 0.15) is 56.5 Å². The van der Waals surface area contributed by atoms with Crippen LogP contribution in [0.15, 0.2) is 18.2 Å². The van der Waals surface area contributed by atoms with Gasteiger partial charge in [0.2, 0.25) is 0 Å². The summed E-state index contributed by atoms with van der Waals surface area (Å²) in [5.74, 6) is -0.215. The van der Waals surface area contributed by atoms with E-state index in [0.29, 0.717) is 12.2 Å². The van der Waals surface area contributed by atoms with Crippen LogP contribution in [0.2, 0.25) is 0 Å². The highest BCUT2D eigenvalue weighted by Gasteiger charge is 2.15. The van der Waals surface area contributed by atoms with E-state index in [2.05, 4.69) is 12.2 Å². The van der Waals surface area contributed by atoms with Crippen molar-refractivity contribution in [3.63, 3.8) is 0 Å². The van der Waals surface area contributed by atoms with Crippen LogP contribution in [0.5, 0.6) is 0 Å². The van der Waals surface area contributed by atoms with Crippen molar-refractivity contribution in [2.45, 2.75) is 53.0 Å². The minimum atomic E-state index is -0.409. The van der Waals surface area contributed by atoms with Gasteiger partial charge in [-0.15, -0.1) is 0 Å². The number of esters is 1. The van der Waals surface area contributed by atoms with Gasteiger partial charge in [-0.25, -0.2) is 4.79 Å². The van der Waals surface area contributed by atoms with Gasteiger partial charge in [0, 0.05) is 11.3 Å². The lowest BCUT2D eigenvalue weighted by Gasteiger charge is -2.17. The molecule has 1 rings (SSSR count). The second kappa shape index (κ2) is 8.45. The smallest absolute Gasteiger partial charge is 0.328 e. The third-order valence-corrected chi connectivity index (χ3v) is 3.32. The molecule has 0 aliphatic rings. The zero-order chi connectivity index (χ0) is 15.8. The maximum absolute atomic E-state index is 11.7. The van der Waals surface area contributed by atoms with Gasteiger partial charge in [-0.2, -0.15) is 0 Å². The number of Topliss-reactive ketones (excluding diaryl/α,β-unsaturated/α-hetero) is 1. The second-order valence-electron chi connectivity index (χ2n) is 5.15. The summed E-state index contributed by atoms with van der Waals surface area (Å²) in [6.07, 6.45) is 3.01. The monoisotopic (exact) mass is 291 g/mol. The van der Waals surface area contributed by atoms with Crippen LogP contribution in [-0.4, -0.2) is 24.4 Å². The maximum atomic E-state index is 11.7. The highest BCUT2D eigenvalue weighted by molar-refractivity contribution is 5.94. The van der Waals surface area contributed by atoms with E-state index in [9.17, 15) is 9.59 Å². The van der Waals surface area contributed by atoms with Crippen LogP contribution >= 0.6 is 0 Å².